The van der Waals surface area contributed by atoms with Crippen LogP contribution in [0.3, 0.4) is 0 Å². The first-order valence-corrected chi connectivity index (χ1v) is 11.6. The van der Waals surface area contributed by atoms with Gasteiger partial charge in [0, 0.05) is 27.8 Å². The normalized spacial score (nSPS) is 20.7. The number of thiazole rings is 1. The van der Waals surface area contributed by atoms with Crippen molar-refractivity contribution >= 4 is 28.9 Å². The van der Waals surface area contributed by atoms with Crippen molar-refractivity contribution in [2.45, 2.75) is 50.0 Å². The highest BCUT2D eigenvalue weighted by molar-refractivity contribution is 7.98. The molecular weight excluding hydrogens is 360 g/mol. The minimum absolute atomic E-state index is 0.124. The van der Waals surface area contributed by atoms with Crippen LogP contribution in [0.25, 0.3) is 0 Å². The molecule has 0 unspecified atom stereocenters. The summed E-state index contributed by atoms with van der Waals surface area (Å²) < 4.78 is 0. The Labute approximate surface area is 164 Å². The SMILES string of the molecule is CSc1ccc(C(=O)[C@@H]2CCCN(Cc3nc4c(s3)CCCC4)C2)cc1. The molecule has 1 aromatic carbocycles. The predicted molar refractivity (Wildman–Crippen MR) is 109 cm³/mol. The monoisotopic (exact) mass is 386 g/mol. The number of benzene rings is 1. The summed E-state index contributed by atoms with van der Waals surface area (Å²) in [5.41, 5.74) is 2.20. The van der Waals surface area contributed by atoms with Crippen molar-refractivity contribution in [1.29, 1.82) is 0 Å². The zero-order valence-corrected chi connectivity index (χ0v) is 17.0. The number of piperidine rings is 1. The van der Waals surface area contributed by atoms with Gasteiger partial charge in [0.1, 0.15) is 5.01 Å². The fourth-order valence-electron chi connectivity index (χ4n) is 4.07. The predicted octanol–water partition coefficient (Wildman–Crippen LogP) is 4.84. The zero-order valence-electron chi connectivity index (χ0n) is 15.4. The number of ketones is 1. The van der Waals surface area contributed by atoms with Gasteiger partial charge < -0.3 is 0 Å². The Balaban J connectivity index is 1.40. The highest BCUT2D eigenvalue weighted by Crippen LogP contribution is 2.29. The summed E-state index contributed by atoms with van der Waals surface area (Å²) >= 11 is 3.61. The first-order chi connectivity index (χ1) is 12.7. The third kappa shape index (κ3) is 4.05. The van der Waals surface area contributed by atoms with Crippen molar-refractivity contribution in [3.8, 4) is 0 Å². The van der Waals surface area contributed by atoms with E-state index in [1.54, 1.807) is 11.8 Å². The summed E-state index contributed by atoms with van der Waals surface area (Å²) in [5.74, 6) is 0.430. The van der Waals surface area contributed by atoms with Crippen LogP contribution < -0.4 is 0 Å². The summed E-state index contributed by atoms with van der Waals surface area (Å²) in [5, 5.41) is 1.24. The Kier molecular flexibility index (Phi) is 5.77. The summed E-state index contributed by atoms with van der Waals surface area (Å²) in [7, 11) is 0. The van der Waals surface area contributed by atoms with Crippen LogP contribution in [0.5, 0.6) is 0 Å². The van der Waals surface area contributed by atoms with E-state index in [1.165, 1.54) is 39.7 Å². The average molecular weight is 387 g/mol. The molecule has 0 N–H and O–H groups in total. The Bertz CT molecular complexity index is 745. The zero-order chi connectivity index (χ0) is 17.9. The van der Waals surface area contributed by atoms with Gasteiger partial charge in [0.2, 0.25) is 0 Å². The number of carbonyl (C=O) groups excluding carboxylic acids is 1. The van der Waals surface area contributed by atoms with Crippen LogP contribution in [-0.4, -0.2) is 35.0 Å². The molecule has 1 aliphatic heterocycles. The molecule has 3 nitrogen and oxygen atoms in total. The molecule has 1 atom stereocenters. The number of Topliss-reactive ketones (excluding diaryl/α,β-unsaturated/α-hetero) is 1. The van der Waals surface area contributed by atoms with E-state index < -0.39 is 0 Å². The summed E-state index contributed by atoms with van der Waals surface area (Å²) in [4.78, 5) is 22.9. The van der Waals surface area contributed by atoms with Crippen LogP contribution in [0.15, 0.2) is 29.2 Å². The molecule has 0 saturated carbocycles. The van der Waals surface area contributed by atoms with E-state index in [0.29, 0.717) is 5.78 Å². The van der Waals surface area contributed by atoms with Gasteiger partial charge in [-0.25, -0.2) is 4.98 Å². The Morgan fingerprint density at radius 2 is 2.04 bits per heavy atom. The molecule has 26 heavy (non-hydrogen) atoms. The second kappa shape index (κ2) is 8.24. The van der Waals surface area contributed by atoms with Crippen molar-refractivity contribution in [2.75, 3.05) is 19.3 Å². The van der Waals surface area contributed by atoms with E-state index in [0.717, 1.165) is 44.5 Å². The maximum atomic E-state index is 12.9. The molecule has 2 aromatic rings. The molecule has 0 radical (unpaired) electrons. The number of hydrogen-bond acceptors (Lipinski definition) is 5. The van der Waals surface area contributed by atoms with Crippen LogP contribution in [0.1, 0.15) is 51.6 Å². The lowest BCUT2D eigenvalue weighted by molar-refractivity contribution is 0.0811. The van der Waals surface area contributed by atoms with Gasteiger partial charge in [-0.3, -0.25) is 9.69 Å². The molecule has 1 fully saturated rings. The Hall–Kier alpha value is -1.17. The molecular formula is C21H26N2OS2. The first kappa shape index (κ1) is 18.2. The van der Waals surface area contributed by atoms with Crippen LogP contribution in [0.2, 0.25) is 0 Å². The van der Waals surface area contributed by atoms with Gasteiger partial charge in [-0.05, 0) is 63.5 Å². The number of hydrogen-bond donors (Lipinski definition) is 0. The first-order valence-electron chi connectivity index (χ1n) is 9.61. The molecule has 2 aliphatic rings. The molecule has 2 heterocycles. The molecule has 0 spiro atoms. The number of fused-ring (bicyclic) bond motifs is 1. The van der Waals surface area contributed by atoms with E-state index in [-0.39, 0.29) is 5.92 Å². The Morgan fingerprint density at radius 1 is 1.23 bits per heavy atom. The number of nitrogens with zero attached hydrogens (tertiary/aromatic N) is 2. The average Bonchev–Trinajstić information content (AvgIpc) is 3.10. The largest absolute Gasteiger partial charge is 0.296 e. The van der Waals surface area contributed by atoms with Crippen LogP contribution in [0, 0.1) is 5.92 Å². The molecule has 0 bridgehead atoms. The third-order valence-corrected chi connectivity index (χ3v) is 7.39. The molecule has 0 amide bonds. The topological polar surface area (TPSA) is 33.2 Å². The second-order valence-corrected chi connectivity index (χ2v) is 9.40. The van der Waals surface area contributed by atoms with Gasteiger partial charge in [0.05, 0.1) is 12.2 Å². The van der Waals surface area contributed by atoms with Gasteiger partial charge in [-0.2, -0.15) is 0 Å². The number of thioether (sulfide) groups is 1. The number of likely N-dealkylation sites (tertiary alicyclic amines) is 1. The molecule has 1 aromatic heterocycles. The van der Waals surface area contributed by atoms with Gasteiger partial charge in [-0.1, -0.05) is 12.1 Å². The van der Waals surface area contributed by atoms with Crippen LogP contribution in [-0.2, 0) is 19.4 Å². The minimum atomic E-state index is 0.124. The van der Waals surface area contributed by atoms with E-state index in [2.05, 4.69) is 23.3 Å². The summed E-state index contributed by atoms with van der Waals surface area (Å²) in [6.07, 6.45) is 9.12. The highest BCUT2D eigenvalue weighted by Gasteiger charge is 2.27. The maximum Gasteiger partial charge on any atom is 0.167 e. The van der Waals surface area contributed by atoms with Gasteiger partial charge in [0.25, 0.3) is 0 Å². The molecule has 4 rings (SSSR count). The van der Waals surface area contributed by atoms with Crippen LogP contribution in [0.4, 0.5) is 0 Å². The van der Waals surface area contributed by atoms with Gasteiger partial charge in [-0.15, -0.1) is 23.1 Å². The van der Waals surface area contributed by atoms with E-state index in [4.69, 9.17) is 4.98 Å². The third-order valence-electron chi connectivity index (χ3n) is 5.50. The lowest BCUT2D eigenvalue weighted by Gasteiger charge is -2.31. The lowest BCUT2D eigenvalue weighted by Crippen LogP contribution is -2.38. The van der Waals surface area contributed by atoms with Crippen molar-refractivity contribution in [1.82, 2.24) is 9.88 Å². The second-order valence-electron chi connectivity index (χ2n) is 7.35. The number of carbonyl (C=O) groups is 1. The summed E-state index contributed by atoms with van der Waals surface area (Å²) in [6, 6.07) is 8.08. The molecule has 5 heteroatoms. The lowest BCUT2D eigenvalue weighted by atomic mass is 9.90. The standard InChI is InChI=1S/C21H26N2OS2/c1-25-17-10-8-15(9-11-17)21(24)16-5-4-12-23(13-16)14-20-22-18-6-2-3-7-19(18)26-20/h8-11,16H,2-7,12-14H2,1H3/t16-/m1/s1. The van der Waals surface area contributed by atoms with Crippen molar-refractivity contribution in [3.05, 3.63) is 45.4 Å². The molecule has 1 saturated heterocycles. The number of aromatic nitrogens is 1. The quantitative estimate of drug-likeness (QED) is 0.544. The smallest absolute Gasteiger partial charge is 0.167 e. The van der Waals surface area contributed by atoms with Crippen molar-refractivity contribution in [2.24, 2.45) is 5.92 Å². The van der Waals surface area contributed by atoms with E-state index in [9.17, 15) is 4.79 Å². The van der Waals surface area contributed by atoms with E-state index in [1.807, 2.05) is 23.5 Å². The Morgan fingerprint density at radius 3 is 2.81 bits per heavy atom. The van der Waals surface area contributed by atoms with Crippen LogP contribution >= 0.6 is 23.1 Å². The summed E-state index contributed by atoms with van der Waals surface area (Å²) in [6.45, 7) is 2.86. The number of aryl methyl sites for hydroxylation is 2. The van der Waals surface area contributed by atoms with Crippen molar-refractivity contribution in [3.63, 3.8) is 0 Å². The van der Waals surface area contributed by atoms with Gasteiger partial charge >= 0.3 is 0 Å². The highest BCUT2D eigenvalue weighted by atomic mass is 32.2. The fourth-order valence-corrected chi connectivity index (χ4v) is 5.68. The molecule has 1 aliphatic carbocycles. The van der Waals surface area contributed by atoms with Crippen molar-refractivity contribution < 1.29 is 4.79 Å². The van der Waals surface area contributed by atoms with Gasteiger partial charge in [0.15, 0.2) is 5.78 Å². The fraction of sp³-hybridized carbons (Fsp3) is 0.524. The number of rotatable bonds is 5. The minimum Gasteiger partial charge on any atom is -0.296 e. The maximum absolute atomic E-state index is 12.9. The molecule has 138 valence electrons. The van der Waals surface area contributed by atoms with E-state index >= 15 is 0 Å².